The number of hydrogen-bond acceptors (Lipinski definition) is 2. The van der Waals surface area contributed by atoms with Gasteiger partial charge in [-0.25, -0.2) is 0 Å². The number of hydrogen-bond donors (Lipinski definition) is 0. The second kappa shape index (κ2) is 8.93. The smallest absolute Gasteiger partial charge is 0.168 e. The van der Waals surface area contributed by atoms with Crippen molar-refractivity contribution in [2.24, 2.45) is 0 Å². The van der Waals surface area contributed by atoms with E-state index in [2.05, 4.69) is 41.5 Å². The zero-order valence-corrected chi connectivity index (χ0v) is 12.7. The molecule has 0 saturated heterocycles. The molecule has 0 aliphatic rings. The molecule has 0 bridgehead atoms. The minimum atomic E-state index is -0.353. The van der Waals surface area contributed by atoms with Crippen molar-refractivity contribution in [1.82, 2.24) is 0 Å². The van der Waals surface area contributed by atoms with Crippen LogP contribution in [-0.2, 0) is 9.47 Å². The molecule has 104 valence electrons. The van der Waals surface area contributed by atoms with E-state index in [0.717, 1.165) is 12.8 Å². The SMILES string of the molecule is CCCCC(CCCC)(OC(C)C)OC(C)C. The Bertz CT molecular complexity index is 156. The Balaban J connectivity index is 4.63. The summed E-state index contributed by atoms with van der Waals surface area (Å²) < 4.78 is 12.3. The van der Waals surface area contributed by atoms with Crippen LogP contribution in [0.25, 0.3) is 0 Å². The van der Waals surface area contributed by atoms with Crippen LogP contribution >= 0.6 is 0 Å². The van der Waals surface area contributed by atoms with Crippen molar-refractivity contribution in [3.8, 4) is 0 Å². The molecule has 2 heteroatoms. The fraction of sp³-hybridized carbons (Fsp3) is 1.00. The Kier molecular flexibility index (Phi) is 8.89. The zero-order valence-electron chi connectivity index (χ0n) is 12.7. The summed E-state index contributed by atoms with van der Waals surface area (Å²) in [5.41, 5.74) is 0. The average molecular weight is 244 g/mol. The van der Waals surface area contributed by atoms with E-state index >= 15 is 0 Å². The predicted molar refractivity (Wildman–Crippen MR) is 74.2 cm³/mol. The van der Waals surface area contributed by atoms with Gasteiger partial charge in [0.25, 0.3) is 0 Å². The van der Waals surface area contributed by atoms with E-state index in [9.17, 15) is 0 Å². The molecule has 0 aromatic carbocycles. The number of ether oxygens (including phenoxy) is 2. The van der Waals surface area contributed by atoms with E-state index in [0.29, 0.717) is 0 Å². The Morgan fingerprint density at radius 3 is 1.35 bits per heavy atom. The summed E-state index contributed by atoms with van der Waals surface area (Å²) in [7, 11) is 0. The average Bonchev–Trinajstić information content (AvgIpc) is 2.22. The first kappa shape index (κ1) is 16.9. The van der Waals surface area contributed by atoms with Crippen molar-refractivity contribution in [2.45, 2.75) is 98.1 Å². The van der Waals surface area contributed by atoms with E-state index in [1.54, 1.807) is 0 Å². The Hall–Kier alpha value is -0.0800. The second-order valence-corrected chi connectivity index (χ2v) is 5.45. The van der Waals surface area contributed by atoms with E-state index in [1.165, 1.54) is 25.7 Å². The fourth-order valence-electron chi connectivity index (χ4n) is 2.14. The van der Waals surface area contributed by atoms with E-state index in [-0.39, 0.29) is 18.0 Å². The third-order valence-electron chi connectivity index (χ3n) is 2.72. The highest BCUT2D eigenvalue weighted by Gasteiger charge is 2.32. The summed E-state index contributed by atoms with van der Waals surface area (Å²) in [5.74, 6) is -0.353. The molecule has 0 heterocycles. The zero-order chi connectivity index (χ0) is 13.3. The van der Waals surface area contributed by atoms with Crippen LogP contribution in [0.2, 0.25) is 0 Å². The lowest BCUT2D eigenvalue weighted by molar-refractivity contribution is -0.276. The predicted octanol–water partition coefficient (Wildman–Crippen LogP) is 4.91. The van der Waals surface area contributed by atoms with E-state index in [1.807, 2.05) is 0 Å². The molecule has 0 N–H and O–H groups in total. The van der Waals surface area contributed by atoms with Crippen LogP contribution in [0.15, 0.2) is 0 Å². The van der Waals surface area contributed by atoms with Crippen molar-refractivity contribution in [3.05, 3.63) is 0 Å². The van der Waals surface area contributed by atoms with Crippen LogP contribution in [0.4, 0.5) is 0 Å². The van der Waals surface area contributed by atoms with Gasteiger partial charge in [-0.15, -0.1) is 0 Å². The first-order chi connectivity index (χ1) is 7.95. The lowest BCUT2D eigenvalue weighted by atomic mass is 10.0. The van der Waals surface area contributed by atoms with Gasteiger partial charge in [-0.1, -0.05) is 26.7 Å². The molecule has 0 fully saturated rings. The molecular formula is C15H32O2. The summed E-state index contributed by atoms with van der Waals surface area (Å²) in [6.45, 7) is 12.8. The highest BCUT2D eigenvalue weighted by atomic mass is 16.7. The van der Waals surface area contributed by atoms with Gasteiger partial charge in [0.1, 0.15) is 0 Å². The van der Waals surface area contributed by atoms with Crippen molar-refractivity contribution >= 4 is 0 Å². The molecule has 17 heavy (non-hydrogen) atoms. The number of rotatable bonds is 10. The molecule has 0 saturated carbocycles. The van der Waals surface area contributed by atoms with Gasteiger partial charge in [0.05, 0.1) is 12.2 Å². The minimum Gasteiger partial charge on any atom is -0.347 e. The van der Waals surface area contributed by atoms with Gasteiger partial charge >= 0.3 is 0 Å². The van der Waals surface area contributed by atoms with Crippen LogP contribution in [0.5, 0.6) is 0 Å². The molecule has 0 amide bonds. The molecule has 0 atom stereocenters. The largest absolute Gasteiger partial charge is 0.347 e. The van der Waals surface area contributed by atoms with Crippen molar-refractivity contribution in [1.29, 1.82) is 0 Å². The summed E-state index contributed by atoms with van der Waals surface area (Å²) in [6.07, 6.45) is 7.20. The third-order valence-corrected chi connectivity index (χ3v) is 2.72. The highest BCUT2D eigenvalue weighted by Crippen LogP contribution is 2.30. The maximum Gasteiger partial charge on any atom is 0.168 e. The molecule has 0 aliphatic carbocycles. The Morgan fingerprint density at radius 2 is 1.12 bits per heavy atom. The van der Waals surface area contributed by atoms with Crippen molar-refractivity contribution in [3.63, 3.8) is 0 Å². The summed E-state index contributed by atoms with van der Waals surface area (Å²) in [5, 5.41) is 0. The van der Waals surface area contributed by atoms with Gasteiger partial charge in [-0.2, -0.15) is 0 Å². The molecule has 0 radical (unpaired) electrons. The maximum atomic E-state index is 6.13. The topological polar surface area (TPSA) is 18.5 Å². The monoisotopic (exact) mass is 244 g/mol. The van der Waals surface area contributed by atoms with Crippen LogP contribution < -0.4 is 0 Å². The summed E-state index contributed by atoms with van der Waals surface area (Å²) in [6, 6.07) is 0. The molecule has 0 aromatic rings. The van der Waals surface area contributed by atoms with E-state index < -0.39 is 0 Å². The first-order valence-corrected chi connectivity index (χ1v) is 7.31. The van der Waals surface area contributed by atoms with Gasteiger partial charge in [0.15, 0.2) is 5.79 Å². The van der Waals surface area contributed by atoms with Crippen LogP contribution in [-0.4, -0.2) is 18.0 Å². The highest BCUT2D eigenvalue weighted by molar-refractivity contribution is 4.72. The Labute approximate surface area is 108 Å². The Morgan fingerprint density at radius 1 is 0.765 bits per heavy atom. The molecule has 0 aliphatic heterocycles. The molecule has 0 unspecified atom stereocenters. The van der Waals surface area contributed by atoms with Crippen molar-refractivity contribution in [2.75, 3.05) is 0 Å². The molecule has 0 aromatic heterocycles. The first-order valence-electron chi connectivity index (χ1n) is 7.31. The van der Waals surface area contributed by atoms with Gasteiger partial charge < -0.3 is 9.47 Å². The van der Waals surface area contributed by atoms with Crippen LogP contribution in [0, 0.1) is 0 Å². The number of unbranched alkanes of at least 4 members (excludes halogenated alkanes) is 2. The van der Waals surface area contributed by atoms with Gasteiger partial charge in [0.2, 0.25) is 0 Å². The van der Waals surface area contributed by atoms with Gasteiger partial charge in [0, 0.05) is 12.8 Å². The molecule has 0 rings (SSSR count). The molecule has 0 spiro atoms. The minimum absolute atomic E-state index is 0.225. The van der Waals surface area contributed by atoms with Crippen LogP contribution in [0.1, 0.15) is 80.1 Å². The van der Waals surface area contributed by atoms with Crippen molar-refractivity contribution < 1.29 is 9.47 Å². The third kappa shape index (κ3) is 7.77. The lowest BCUT2D eigenvalue weighted by Gasteiger charge is -2.37. The van der Waals surface area contributed by atoms with E-state index in [4.69, 9.17) is 9.47 Å². The summed E-state index contributed by atoms with van der Waals surface area (Å²) in [4.78, 5) is 0. The van der Waals surface area contributed by atoms with Crippen LogP contribution in [0.3, 0.4) is 0 Å². The normalized spacial score (nSPS) is 12.7. The standard InChI is InChI=1S/C15H32O2/c1-7-9-11-15(12-10-8-2,16-13(3)4)17-14(5)6/h13-14H,7-12H2,1-6H3. The fourth-order valence-corrected chi connectivity index (χ4v) is 2.14. The molecular weight excluding hydrogens is 212 g/mol. The molecule has 2 nitrogen and oxygen atoms in total. The quantitative estimate of drug-likeness (QED) is 0.508. The summed E-state index contributed by atoms with van der Waals surface area (Å²) >= 11 is 0. The maximum absolute atomic E-state index is 6.13. The van der Waals surface area contributed by atoms with Gasteiger partial charge in [-0.3, -0.25) is 0 Å². The second-order valence-electron chi connectivity index (χ2n) is 5.45. The lowest BCUT2D eigenvalue weighted by Crippen LogP contribution is -2.40. The van der Waals surface area contributed by atoms with Gasteiger partial charge in [-0.05, 0) is 40.5 Å².